The summed E-state index contributed by atoms with van der Waals surface area (Å²) in [6.07, 6.45) is 2.21. The molecule has 0 aromatic carbocycles. The molecule has 0 fully saturated rings. The Morgan fingerprint density at radius 2 is 2.40 bits per heavy atom. The van der Waals surface area contributed by atoms with Gasteiger partial charge in [0.15, 0.2) is 0 Å². The summed E-state index contributed by atoms with van der Waals surface area (Å²) in [7, 11) is 0. The normalized spacial score (nSPS) is 9.90. The molecule has 104 valence electrons. The van der Waals surface area contributed by atoms with E-state index in [-0.39, 0.29) is 12.5 Å². The van der Waals surface area contributed by atoms with E-state index in [1.807, 2.05) is 18.4 Å². The van der Waals surface area contributed by atoms with Crippen LogP contribution in [0.25, 0.3) is 0 Å². The number of thiazole rings is 1. The second-order valence-electron chi connectivity index (χ2n) is 3.99. The lowest BCUT2D eigenvalue weighted by molar-refractivity contribution is 0.0954. The van der Waals surface area contributed by atoms with Gasteiger partial charge in [0.25, 0.3) is 5.91 Å². The van der Waals surface area contributed by atoms with Crippen LogP contribution in [0.5, 0.6) is 0 Å². The Hall–Kier alpha value is -1.68. The predicted molar refractivity (Wildman–Crippen MR) is 80.9 cm³/mol. The molecule has 2 N–H and O–H groups in total. The first kappa shape index (κ1) is 14.7. The monoisotopic (exact) mass is 306 g/mol. The zero-order valence-corrected chi connectivity index (χ0v) is 12.6. The Morgan fingerprint density at radius 3 is 3.10 bits per heavy atom. The average molecular weight is 306 g/mol. The summed E-state index contributed by atoms with van der Waals surface area (Å²) in [6, 6.07) is 1.82. The van der Waals surface area contributed by atoms with E-state index >= 15 is 0 Å². The molecule has 2 heterocycles. The maximum atomic E-state index is 12.1. The highest BCUT2D eigenvalue weighted by molar-refractivity contribution is 7.12. The van der Waals surface area contributed by atoms with E-state index in [2.05, 4.69) is 22.1 Å². The predicted octanol–water partition coefficient (Wildman–Crippen LogP) is 2.18. The van der Waals surface area contributed by atoms with E-state index in [4.69, 9.17) is 5.11 Å². The van der Waals surface area contributed by atoms with Gasteiger partial charge in [-0.1, -0.05) is 11.8 Å². The van der Waals surface area contributed by atoms with Crippen LogP contribution < -0.4 is 5.32 Å². The van der Waals surface area contributed by atoms with Crippen LogP contribution >= 0.6 is 22.7 Å². The van der Waals surface area contributed by atoms with Gasteiger partial charge in [0, 0.05) is 23.1 Å². The minimum atomic E-state index is -0.138. The minimum absolute atomic E-state index is 0.0298. The van der Waals surface area contributed by atoms with Crippen molar-refractivity contribution in [2.24, 2.45) is 0 Å². The van der Waals surface area contributed by atoms with Crippen molar-refractivity contribution in [1.29, 1.82) is 0 Å². The molecule has 0 aliphatic rings. The average Bonchev–Trinajstić information content (AvgIpc) is 3.05. The highest BCUT2D eigenvalue weighted by Crippen LogP contribution is 2.16. The lowest BCUT2D eigenvalue weighted by Crippen LogP contribution is -2.22. The Balaban J connectivity index is 1.99. The summed E-state index contributed by atoms with van der Waals surface area (Å²) in [5.74, 6) is 5.59. The molecule has 0 aliphatic heterocycles. The lowest BCUT2D eigenvalue weighted by Gasteiger charge is -2.01. The number of nitrogens with zero attached hydrogens (tertiary/aromatic N) is 1. The van der Waals surface area contributed by atoms with E-state index in [0.29, 0.717) is 23.4 Å². The molecular weight excluding hydrogens is 292 g/mol. The Bertz CT molecular complexity index is 649. The van der Waals surface area contributed by atoms with E-state index in [0.717, 1.165) is 9.88 Å². The third kappa shape index (κ3) is 3.90. The van der Waals surface area contributed by atoms with Gasteiger partial charge in [-0.25, -0.2) is 4.98 Å². The number of amides is 1. The highest BCUT2D eigenvalue weighted by Gasteiger charge is 2.12. The van der Waals surface area contributed by atoms with Crippen LogP contribution in [0.3, 0.4) is 0 Å². The first-order valence-corrected chi connectivity index (χ1v) is 7.77. The Kier molecular flexibility index (Phi) is 5.30. The van der Waals surface area contributed by atoms with Gasteiger partial charge in [-0.2, -0.15) is 0 Å². The number of hydrogen-bond acceptors (Lipinski definition) is 5. The smallest absolute Gasteiger partial charge is 0.262 e. The number of thiophene rings is 1. The Labute approximate surface area is 125 Å². The molecule has 0 unspecified atom stereocenters. The van der Waals surface area contributed by atoms with Gasteiger partial charge >= 0.3 is 0 Å². The van der Waals surface area contributed by atoms with Crippen LogP contribution in [0.2, 0.25) is 0 Å². The highest BCUT2D eigenvalue weighted by atomic mass is 32.1. The third-order valence-corrected chi connectivity index (χ3v) is 4.23. The summed E-state index contributed by atoms with van der Waals surface area (Å²) in [5.41, 5.74) is 0.705. The molecule has 0 saturated carbocycles. The molecule has 0 saturated heterocycles. The standard InChI is InChI=1S/C14H14N2O2S2/c1-10-8-15-12(20-10)9-16-14(18)13-11(5-7-19-13)4-2-3-6-17/h5,7-8,17H,3,6,9H2,1H3,(H,16,18). The van der Waals surface area contributed by atoms with Crippen molar-refractivity contribution in [2.75, 3.05) is 6.61 Å². The van der Waals surface area contributed by atoms with Crippen LogP contribution in [0.4, 0.5) is 0 Å². The van der Waals surface area contributed by atoms with Crippen molar-refractivity contribution in [3.05, 3.63) is 38.0 Å². The fourth-order valence-corrected chi connectivity index (χ4v) is 3.01. The topological polar surface area (TPSA) is 62.2 Å². The first-order valence-electron chi connectivity index (χ1n) is 6.07. The largest absolute Gasteiger partial charge is 0.395 e. The van der Waals surface area contributed by atoms with Gasteiger partial charge in [0.1, 0.15) is 9.88 Å². The van der Waals surface area contributed by atoms with Crippen molar-refractivity contribution >= 4 is 28.6 Å². The van der Waals surface area contributed by atoms with E-state index in [9.17, 15) is 4.79 Å². The van der Waals surface area contributed by atoms with E-state index in [1.54, 1.807) is 17.5 Å². The molecule has 1 amide bonds. The number of aliphatic hydroxyl groups excluding tert-OH is 1. The fraction of sp³-hybridized carbons (Fsp3) is 0.286. The first-order chi connectivity index (χ1) is 9.70. The maximum absolute atomic E-state index is 12.1. The minimum Gasteiger partial charge on any atom is -0.395 e. The number of aliphatic hydroxyl groups is 1. The zero-order valence-electron chi connectivity index (χ0n) is 11.0. The van der Waals surface area contributed by atoms with Crippen LogP contribution in [0.15, 0.2) is 17.6 Å². The van der Waals surface area contributed by atoms with Gasteiger partial charge in [-0.15, -0.1) is 22.7 Å². The van der Waals surface area contributed by atoms with E-state index in [1.165, 1.54) is 11.3 Å². The van der Waals surface area contributed by atoms with Gasteiger partial charge in [-0.05, 0) is 18.4 Å². The van der Waals surface area contributed by atoms with Crippen LogP contribution in [0.1, 0.15) is 31.5 Å². The van der Waals surface area contributed by atoms with Gasteiger partial charge in [0.05, 0.1) is 13.2 Å². The summed E-state index contributed by atoms with van der Waals surface area (Å²) in [4.78, 5) is 18.0. The second-order valence-corrected chi connectivity index (χ2v) is 6.22. The van der Waals surface area contributed by atoms with Gasteiger partial charge in [-0.3, -0.25) is 4.79 Å². The summed E-state index contributed by atoms with van der Waals surface area (Å²) in [5, 5.41) is 14.3. The number of aromatic nitrogens is 1. The summed E-state index contributed by atoms with van der Waals surface area (Å²) >= 11 is 2.93. The SMILES string of the molecule is Cc1cnc(CNC(=O)c2sccc2C#CCCO)s1. The van der Waals surface area contributed by atoms with Crippen LogP contribution in [-0.2, 0) is 6.54 Å². The molecule has 0 radical (unpaired) electrons. The molecule has 0 atom stereocenters. The molecule has 2 aromatic heterocycles. The van der Waals surface area contributed by atoms with Crippen molar-refractivity contribution < 1.29 is 9.90 Å². The molecule has 2 rings (SSSR count). The number of carbonyl (C=O) groups is 1. The molecule has 0 spiro atoms. The number of hydrogen-bond donors (Lipinski definition) is 2. The lowest BCUT2D eigenvalue weighted by atomic mass is 10.2. The molecule has 20 heavy (non-hydrogen) atoms. The number of carbonyl (C=O) groups excluding carboxylic acids is 1. The summed E-state index contributed by atoms with van der Waals surface area (Å²) in [6.45, 7) is 2.44. The van der Waals surface area contributed by atoms with Crippen LogP contribution in [-0.4, -0.2) is 22.6 Å². The second kappa shape index (κ2) is 7.20. The van der Waals surface area contributed by atoms with Crippen molar-refractivity contribution in [2.45, 2.75) is 19.9 Å². The number of nitrogens with one attached hydrogen (secondary N) is 1. The zero-order chi connectivity index (χ0) is 14.4. The Morgan fingerprint density at radius 1 is 1.55 bits per heavy atom. The van der Waals surface area contributed by atoms with Crippen LogP contribution in [0, 0.1) is 18.8 Å². The molecule has 6 heteroatoms. The molecule has 4 nitrogen and oxygen atoms in total. The number of rotatable bonds is 4. The molecular formula is C14H14N2O2S2. The van der Waals surface area contributed by atoms with Crippen molar-refractivity contribution in [1.82, 2.24) is 10.3 Å². The quantitative estimate of drug-likeness (QED) is 0.851. The van der Waals surface area contributed by atoms with Gasteiger partial charge < -0.3 is 10.4 Å². The summed E-state index contributed by atoms with van der Waals surface area (Å²) < 4.78 is 0. The van der Waals surface area contributed by atoms with Crippen molar-refractivity contribution in [3.8, 4) is 11.8 Å². The van der Waals surface area contributed by atoms with Gasteiger partial charge in [0.2, 0.25) is 0 Å². The fourth-order valence-electron chi connectivity index (χ4n) is 1.52. The van der Waals surface area contributed by atoms with Crippen molar-refractivity contribution in [3.63, 3.8) is 0 Å². The maximum Gasteiger partial charge on any atom is 0.262 e. The molecule has 0 aliphatic carbocycles. The molecule has 2 aromatic rings. The number of aryl methyl sites for hydroxylation is 1. The van der Waals surface area contributed by atoms with E-state index < -0.39 is 0 Å². The molecule has 0 bridgehead atoms. The third-order valence-electron chi connectivity index (χ3n) is 2.40.